The molecule has 1 aromatic carbocycles. The minimum Gasteiger partial charge on any atom is -0.494 e. The van der Waals surface area contributed by atoms with Crippen LogP contribution in [0.1, 0.15) is 52.4 Å². The first-order valence-corrected chi connectivity index (χ1v) is 7.64. The van der Waals surface area contributed by atoms with Gasteiger partial charge < -0.3 is 10.5 Å². The topological polar surface area (TPSA) is 35.2 Å². The molecule has 108 valence electrons. The molecule has 0 bridgehead atoms. The molecular weight excluding hydrogens is 234 g/mol. The number of unbranched alkanes of at least 4 members (excludes halogenated alkanes) is 1. The molecule has 0 aromatic heterocycles. The van der Waals surface area contributed by atoms with Crippen molar-refractivity contribution in [2.75, 3.05) is 13.2 Å². The average molecular weight is 263 g/mol. The van der Waals surface area contributed by atoms with Crippen molar-refractivity contribution in [3.8, 4) is 5.75 Å². The summed E-state index contributed by atoms with van der Waals surface area (Å²) in [7, 11) is 0. The minimum absolute atomic E-state index is 0.329. The van der Waals surface area contributed by atoms with Crippen LogP contribution in [0.5, 0.6) is 5.75 Å². The highest BCUT2D eigenvalue weighted by atomic mass is 16.5. The molecule has 0 spiro atoms. The Labute approximate surface area is 118 Å². The summed E-state index contributed by atoms with van der Waals surface area (Å²) < 4.78 is 5.75. The predicted molar refractivity (Wildman–Crippen MR) is 82.5 cm³/mol. The first-order chi connectivity index (χ1) is 9.26. The molecule has 2 heteroatoms. The molecule has 0 radical (unpaired) electrons. The maximum Gasteiger partial charge on any atom is 0.119 e. The Morgan fingerprint density at radius 3 is 2.32 bits per heavy atom. The van der Waals surface area contributed by atoms with Crippen molar-refractivity contribution in [1.82, 2.24) is 0 Å². The van der Waals surface area contributed by atoms with Gasteiger partial charge in [0.05, 0.1) is 6.61 Å². The molecule has 1 atom stereocenters. The molecule has 0 amide bonds. The molecule has 2 N–H and O–H groups in total. The standard InChI is InChI=1S/C17H29NO/c1-3-5-12-17(4-2,15-18)13-9-14-19-16-10-7-6-8-11-16/h6-8,10-11H,3-5,9,12-15,18H2,1-2H3. The third kappa shape index (κ3) is 5.65. The van der Waals surface area contributed by atoms with Gasteiger partial charge in [0.25, 0.3) is 0 Å². The van der Waals surface area contributed by atoms with Crippen LogP contribution in [0, 0.1) is 5.41 Å². The van der Waals surface area contributed by atoms with Crippen molar-refractivity contribution >= 4 is 0 Å². The fraction of sp³-hybridized carbons (Fsp3) is 0.647. The van der Waals surface area contributed by atoms with Crippen molar-refractivity contribution < 1.29 is 4.74 Å². The van der Waals surface area contributed by atoms with Crippen LogP contribution < -0.4 is 10.5 Å². The summed E-state index contributed by atoms with van der Waals surface area (Å²) in [6.07, 6.45) is 7.22. The molecule has 2 nitrogen and oxygen atoms in total. The summed E-state index contributed by atoms with van der Waals surface area (Å²) in [6, 6.07) is 10.0. The Morgan fingerprint density at radius 1 is 1.05 bits per heavy atom. The molecule has 0 fully saturated rings. The monoisotopic (exact) mass is 263 g/mol. The van der Waals surface area contributed by atoms with Gasteiger partial charge in [-0.3, -0.25) is 0 Å². The van der Waals surface area contributed by atoms with E-state index < -0.39 is 0 Å². The van der Waals surface area contributed by atoms with E-state index >= 15 is 0 Å². The van der Waals surface area contributed by atoms with E-state index in [9.17, 15) is 0 Å². The molecule has 1 aromatic rings. The van der Waals surface area contributed by atoms with Gasteiger partial charge in [0.15, 0.2) is 0 Å². The van der Waals surface area contributed by atoms with Gasteiger partial charge in [-0.25, -0.2) is 0 Å². The molecule has 0 saturated carbocycles. The molecule has 0 heterocycles. The maximum atomic E-state index is 6.01. The van der Waals surface area contributed by atoms with Crippen molar-refractivity contribution in [2.45, 2.75) is 52.4 Å². The van der Waals surface area contributed by atoms with E-state index in [1.165, 1.54) is 32.1 Å². The number of para-hydroxylation sites is 1. The van der Waals surface area contributed by atoms with Gasteiger partial charge in [-0.1, -0.05) is 44.9 Å². The highest BCUT2D eigenvalue weighted by Crippen LogP contribution is 2.32. The summed E-state index contributed by atoms with van der Waals surface area (Å²) >= 11 is 0. The zero-order chi connectivity index (χ0) is 14.0. The molecule has 0 saturated heterocycles. The maximum absolute atomic E-state index is 6.01. The normalized spacial score (nSPS) is 14.1. The first-order valence-electron chi connectivity index (χ1n) is 7.64. The second-order valence-corrected chi connectivity index (χ2v) is 5.43. The van der Waals surface area contributed by atoms with Gasteiger partial charge in [0, 0.05) is 0 Å². The smallest absolute Gasteiger partial charge is 0.119 e. The Hall–Kier alpha value is -1.02. The molecule has 0 aliphatic carbocycles. The van der Waals surface area contributed by atoms with E-state index in [-0.39, 0.29) is 0 Å². The number of benzene rings is 1. The highest BCUT2D eigenvalue weighted by Gasteiger charge is 2.25. The summed E-state index contributed by atoms with van der Waals surface area (Å²) in [5.74, 6) is 0.964. The third-order valence-corrected chi connectivity index (χ3v) is 4.11. The van der Waals surface area contributed by atoms with Crippen LogP contribution in [0.3, 0.4) is 0 Å². The van der Waals surface area contributed by atoms with Crippen LogP contribution in [0.4, 0.5) is 0 Å². The van der Waals surface area contributed by atoms with Crippen molar-refractivity contribution in [3.63, 3.8) is 0 Å². The van der Waals surface area contributed by atoms with Crippen molar-refractivity contribution in [2.24, 2.45) is 11.1 Å². The quantitative estimate of drug-likeness (QED) is 0.635. The molecule has 19 heavy (non-hydrogen) atoms. The molecule has 1 rings (SSSR count). The Balaban J connectivity index is 2.32. The second kappa shape index (κ2) is 8.98. The minimum atomic E-state index is 0.329. The number of rotatable bonds is 10. The van der Waals surface area contributed by atoms with Crippen molar-refractivity contribution in [3.05, 3.63) is 30.3 Å². The SMILES string of the molecule is CCCCC(CC)(CN)CCCOc1ccccc1. The zero-order valence-electron chi connectivity index (χ0n) is 12.5. The van der Waals surface area contributed by atoms with Gasteiger partial charge in [-0.15, -0.1) is 0 Å². The van der Waals surface area contributed by atoms with Gasteiger partial charge in [0.1, 0.15) is 5.75 Å². The largest absolute Gasteiger partial charge is 0.494 e. The van der Waals surface area contributed by atoms with Gasteiger partial charge in [-0.2, -0.15) is 0 Å². The highest BCUT2D eigenvalue weighted by molar-refractivity contribution is 5.20. The second-order valence-electron chi connectivity index (χ2n) is 5.43. The van der Waals surface area contributed by atoms with Crippen LogP contribution in [0.15, 0.2) is 30.3 Å². The number of nitrogens with two attached hydrogens (primary N) is 1. The molecule has 1 unspecified atom stereocenters. The van der Waals surface area contributed by atoms with Crippen LogP contribution in [-0.4, -0.2) is 13.2 Å². The summed E-state index contributed by atoms with van der Waals surface area (Å²) in [5, 5.41) is 0. The fourth-order valence-corrected chi connectivity index (χ4v) is 2.53. The zero-order valence-corrected chi connectivity index (χ0v) is 12.5. The van der Waals surface area contributed by atoms with E-state index in [2.05, 4.69) is 13.8 Å². The lowest BCUT2D eigenvalue weighted by atomic mass is 9.76. The summed E-state index contributed by atoms with van der Waals surface area (Å²) in [4.78, 5) is 0. The van der Waals surface area contributed by atoms with Gasteiger partial charge in [0.2, 0.25) is 0 Å². The Bertz CT molecular complexity index is 319. The van der Waals surface area contributed by atoms with Crippen molar-refractivity contribution in [1.29, 1.82) is 0 Å². The predicted octanol–water partition coefficient (Wildman–Crippen LogP) is 4.39. The van der Waals surface area contributed by atoms with E-state index in [1.54, 1.807) is 0 Å². The molecule has 0 aliphatic heterocycles. The lowest BCUT2D eigenvalue weighted by molar-refractivity contribution is 0.201. The first kappa shape index (κ1) is 16.0. The lowest BCUT2D eigenvalue weighted by Crippen LogP contribution is -2.30. The third-order valence-electron chi connectivity index (χ3n) is 4.11. The van der Waals surface area contributed by atoms with Gasteiger partial charge >= 0.3 is 0 Å². The van der Waals surface area contributed by atoms with Gasteiger partial charge in [-0.05, 0) is 49.8 Å². The molecular formula is C17H29NO. The lowest BCUT2D eigenvalue weighted by Gasteiger charge is -2.31. The van der Waals surface area contributed by atoms with Crippen LogP contribution in [0.25, 0.3) is 0 Å². The Kier molecular flexibility index (Phi) is 7.57. The number of hydrogen-bond donors (Lipinski definition) is 1. The number of hydrogen-bond acceptors (Lipinski definition) is 2. The fourth-order valence-electron chi connectivity index (χ4n) is 2.53. The van der Waals surface area contributed by atoms with E-state index in [0.29, 0.717) is 5.41 Å². The van der Waals surface area contributed by atoms with E-state index in [4.69, 9.17) is 10.5 Å². The summed E-state index contributed by atoms with van der Waals surface area (Å²) in [5.41, 5.74) is 6.34. The van der Waals surface area contributed by atoms with Crippen LogP contribution >= 0.6 is 0 Å². The number of ether oxygens (including phenoxy) is 1. The Morgan fingerprint density at radius 2 is 1.74 bits per heavy atom. The molecule has 0 aliphatic rings. The average Bonchev–Trinajstić information content (AvgIpc) is 2.48. The van der Waals surface area contributed by atoms with Crippen LogP contribution in [-0.2, 0) is 0 Å². The van der Waals surface area contributed by atoms with Crippen LogP contribution in [0.2, 0.25) is 0 Å². The van der Waals surface area contributed by atoms with E-state index in [0.717, 1.165) is 25.3 Å². The van der Waals surface area contributed by atoms with E-state index in [1.807, 2.05) is 30.3 Å². The summed E-state index contributed by atoms with van der Waals surface area (Å²) in [6.45, 7) is 6.10.